The van der Waals surface area contributed by atoms with E-state index in [2.05, 4.69) is 95.4 Å². The van der Waals surface area contributed by atoms with Gasteiger partial charge < -0.3 is 61.8 Å². The normalized spacial score (nSPS) is 19.6. The van der Waals surface area contributed by atoms with Gasteiger partial charge in [0.1, 0.15) is 35.0 Å². The maximum absolute atomic E-state index is 13.6. The number of hydrogen-bond donors (Lipinski definition) is 9. The Morgan fingerprint density at radius 3 is 1.42 bits per heavy atom. The van der Waals surface area contributed by atoms with E-state index >= 15 is 0 Å². The van der Waals surface area contributed by atoms with Crippen LogP contribution in [0, 0.1) is 5.82 Å². The molecule has 1 saturated carbocycles. The third-order valence-corrected chi connectivity index (χ3v) is 19.9. The van der Waals surface area contributed by atoms with Gasteiger partial charge in [0.2, 0.25) is 5.88 Å². The van der Waals surface area contributed by atoms with Gasteiger partial charge >= 0.3 is 0 Å². The molecule has 0 bridgehead atoms. The summed E-state index contributed by atoms with van der Waals surface area (Å²) in [6.45, 7) is 7.17. The van der Waals surface area contributed by atoms with Crippen LogP contribution in [0.2, 0.25) is 0 Å². The summed E-state index contributed by atoms with van der Waals surface area (Å²) in [5, 5.41) is 48.5. The molecule has 6 aliphatic rings. The predicted molar refractivity (Wildman–Crippen MR) is 382 cm³/mol. The first-order valence-electron chi connectivity index (χ1n) is 34.2. The van der Waals surface area contributed by atoms with Gasteiger partial charge in [0.15, 0.2) is 11.3 Å². The standard InChI is InChI=1S/C25H22FN5O3.2C25H25N7O2/c26-14-9-10-31-18(13-27-22(31)11-14)15-7-8-17(24-16(15)12-28-25(24)33)29-21-5-2-6-23(30-21)34-20-4-1-3-19(20)32;2*1-15-10-17(33)6-8-31(15)16-2-5-22(27-11-16)30-20-4-3-18(19-12-29-25(34)24(19)20)21-13-28-23-14-26-7-9-32(21)23/h2,5-11,13,19-20,32H,1,3-4,12H2,(H,28,33)(H,29,30);2*2-5,7,9,11,13-15,17,33H,6,8,10,12H2,1H3,(H,27,30)(H,29,34)/t19-,20+;2*15-,17+/m010/s1. The molecule has 12 aromatic rings. The number of hydrogen-bond acceptors (Lipinski definition) is 20. The molecule has 27 heteroatoms. The summed E-state index contributed by atoms with van der Waals surface area (Å²) in [4.78, 5) is 77.9. The van der Waals surface area contributed by atoms with Crippen molar-refractivity contribution in [3.05, 3.63) is 205 Å². The third-order valence-electron chi connectivity index (χ3n) is 19.9. The number of benzene rings is 3. The van der Waals surface area contributed by atoms with Crippen molar-refractivity contribution in [3.8, 4) is 39.7 Å². The molecule has 14 heterocycles. The first kappa shape index (κ1) is 64.7. The molecule has 0 radical (unpaired) electrons. The number of nitrogens with one attached hydrogen (secondary N) is 6. The molecule has 3 fully saturated rings. The van der Waals surface area contributed by atoms with Crippen molar-refractivity contribution >= 4 is 80.6 Å². The number of imidazole rings is 3. The number of nitrogens with zero attached hydrogens (tertiary/aromatic N) is 13. The number of aliphatic hydroxyl groups excluding tert-OH is 3. The van der Waals surface area contributed by atoms with E-state index in [-0.39, 0.29) is 53.9 Å². The van der Waals surface area contributed by atoms with Gasteiger partial charge in [0.05, 0.1) is 124 Å². The smallest absolute Gasteiger partial charge is 0.254 e. The summed E-state index contributed by atoms with van der Waals surface area (Å²) in [6, 6.07) is 28.2. The molecule has 3 aromatic carbocycles. The van der Waals surface area contributed by atoms with Gasteiger partial charge in [-0.15, -0.1) is 0 Å². The minimum absolute atomic E-state index is 0.104. The zero-order valence-corrected chi connectivity index (χ0v) is 55.7. The van der Waals surface area contributed by atoms with Gasteiger partial charge in [-0.3, -0.25) is 37.6 Å². The van der Waals surface area contributed by atoms with Crippen molar-refractivity contribution in [1.82, 2.24) is 69.0 Å². The lowest BCUT2D eigenvalue weighted by atomic mass is 9.99. The Balaban J connectivity index is 0.000000118. The monoisotopic (exact) mass is 1370 g/mol. The Morgan fingerprint density at radius 2 is 0.971 bits per heavy atom. The first-order chi connectivity index (χ1) is 49.7. The Labute approximate surface area is 583 Å². The van der Waals surface area contributed by atoms with Gasteiger partial charge in [0.25, 0.3) is 17.7 Å². The van der Waals surface area contributed by atoms with Gasteiger partial charge in [-0.25, -0.2) is 29.3 Å². The van der Waals surface area contributed by atoms with Crippen molar-refractivity contribution in [3.63, 3.8) is 0 Å². The summed E-state index contributed by atoms with van der Waals surface area (Å²) in [5.41, 5.74) is 16.0. The Kier molecular flexibility index (Phi) is 17.3. The van der Waals surface area contributed by atoms with Crippen molar-refractivity contribution in [2.45, 2.75) is 115 Å². The van der Waals surface area contributed by atoms with Crippen LogP contribution >= 0.6 is 0 Å². The van der Waals surface area contributed by atoms with Crippen molar-refractivity contribution in [2.75, 3.05) is 38.8 Å². The SMILES string of the molecule is C[C@@H]1C[C@@H](O)CCN1c1ccc(Nc2ccc(-c3cnc4cnccn34)c3c2C(=O)NC3)nc1.C[C@H]1C[C@H](O)CCN1c1ccc(Nc2ccc(-c3cnc4cnccn34)c3c2C(=O)NC3)nc1.O=C1NCc2c(-c3cnc4cc(F)ccn34)ccc(Nc3cccc(O[C@@H]4CCC[C@@H]4O)n3)c21. The number of ether oxygens (including phenoxy) is 1. The summed E-state index contributed by atoms with van der Waals surface area (Å²) in [5.74, 6) is 1.55. The molecular weight excluding hydrogens is 1300 g/mol. The zero-order chi connectivity index (χ0) is 69.7. The van der Waals surface area contributed by atoms with Gasteiger partial charge in [-0.1, -0.05) is 24.3 Å². The van der Waals surface area contributed by atoms with Crippen LogP contribution < -0.4 is 46.4 Å². The lowest BCUT2D eigenvalue weighted by Gasteiger charge is -2.37. The number of carbonyl (C=O) groups excluding carboxylic acids is 3. The average molecular weight is 1370 g/mol. The number of pyridine rings is 4. The maximum atomic E-state index is 13.6. The second-order valence-electron chi connectivity index (χ2n) is 26.3. The van der Waals surface area contributed by atoms with E-state index in [9.17, 15) is 34.1 Å². The van der Waals surface area contributed by atoms with Crippen molar-refractivity contribution in [1.29, 1.82) is 0 Å². The van der Waals surface area contributed by atoms with Crippen LogP contribution in [0.5, 0.6) is 5.88 Å². The number of anilines is 8. The lowest BCUT2D eigenvalue weighted by molar-refractivity contribution is 0.0575. The Bertz CT molecular complexity index is 4990. The van der Waals surface area contributed by atoms with E-state index < -0.39 is 6.10 Å². The Hall–Kier alpha value is -11.9. The molecule has 0 unspecified atom stereocenters. The summed E-state index contributed by atoms with van der Waals surface area (Å²) in [7, 11) is 0. The first-order valence-corrected chi connectivity index (χ1v) is 34.2. The third kappa shape index (κ3) is 12.6. The number of aliphatic hydroxyl groups is 3. The molecule has 6 atom stereocenters. The van der Waals surface area contributed by atoms with Crippen LogP contribution in [0.15, 0.2) is 165 Å². The highest BCUT2D eigenvalue weighted by molar-refractivity contribution is 6.08. The predicted octanol–water partition coefficient (Wildman–Crippen LogP) is 10.1. The van der Waals surface area contributed by atoms with E-state index in [1.807, 2.05) is 113 Å². The number of aromatic nitrogens is 11. The van der Waals surface area contributed by atoms with E-state index in [0.29, 0.717) is 71.0 Å². The minimum atomic E-state index is -0.478. The molecule has 2 saturated heterocycles. The highest BCUT2D eigenvalue weighted by Gasteiger charge is 2.33. The molecule has 516 valence electrons. The van der Waals surface area contributed by atoms with E-state index in [0.717, 1.165) is 143 Å². The van der Waals surface area contributed by atoms with E-state index in [1.165, 1.54) is 12.1 Å². The number of fused-ring (bicyclic) bond motifs is 6. The molecule has 1 aliphatic carbocycles. The highest BCUT2D eigenvalue weighted by Crippen LogP contribution is 2.40. The summed E-state index contributed by atoms with van der Waals surface area (Å²) >= 11 is 0. The molecule has 18 rings (SSSR count). The number of halogens is 1. The number of piperidine rings is 2. The van der Waals surface area contributed by atoms with Crippen LogP contribution in [0.3, 0.4) is 0 Å². The quantitative estimate of drug-likeness (QED) is 0.0518. The van der Waals surface area contributed by atoms with Crippen LogP contribution in [0.25, 0.3) is 50.7 Å². The number of carbonyl (C=O) groups is 3. The Morgan fingerprint density at radius 1 is 0.500 bits per heavy atom. The number of amides is 3. The molecule has 3 amide bonds. The van der Waals surface area contributed by atoms with Crippen LogP contribution in [0.1, 0.15) is 107 Å². The summed E-state index contributed by atoms with van der Waals surface area (Å²) in [6.07, 6.45) is 25.6. The maximum Gasteiger partial charge on any atom is 0.254 e. The van der Waals surface area contributed by atoms with Crippen LogP contribution in [-0.4, -0.2) is 136 Å². The molecule has 102 heavy (non-hydrogen) atoms. The van der Waals surface area contributed by atoms with Crippen LogP contribution in [0.4, 0.5) is 50.3 Å². The molecule has 9 aromatic heterocycles. The summed E-state index contributed by atoms with van der Waals surface area (Å²) < 4.78 is 25.2. The fourth-order valence-electron chi connectivity index (χ4n) is 14.8. The minimum Gasteiger partial charge on any atom is -0.472 e. The zero-order valence-electron chi connectivity index (χ0n) is 55.7. The topological polar surface area (TPSA) is 316 Å². The molecule has 0 spiro atoms. The fourth-order valence-corrected chi connectivity index (χ4v) is 14.8. The van der Waals surface area contributed by atoms with Crippen LogP contribution in [-0.2, 0) is 19.6 Å². The van der Waals surface area contributed by atoms with Crippen molar-refractivity contribution < 1.29 is 38.8 Å². The number of rotatable bonds is 13. The largest absolute Gasteiger partial charge is 0.472 e. The van der Waals surface area contributed by atoms with Crippen molar-refractivity contribution in [2.24, 2.45) is 0 Å². The molecular formula is C75H72FN19O7. The van der Waals surface area contributed by atoms with E-state index in [1.54, 1.807) is 53.7 Å². The average Bonchev–Trinajstić information content (AvgIpc) is 1.56. The molecule has 5 aliphatic heterocycles. The van der Waals surface area contributed by atoms with E-state index in [4.69, 9.17) is 4.74 Å². The molecule has 26 nitrogen and oxygen atoms in total. The highest BCUT2D eigenvalue weighted by atomic mass is 19.1. The second kappa shape index (κ2) is 27.3. The van der Waals surface area contributed by atoms with Gasteiger partial charge in [-0.05, 0) is 130 Å². The fraction of sp³-hybridized carbons (Fsp3) is 0.267. The van der Waals surface area contributed by atoms with Gasteiger partial charge in [-0.2, -0.15) is 4.98 Å². The van der Waals surface area contributed by atoms with Gasteiger partial charge in [0, 0.05) is 105 Å². The second-order valence-corrected chi connectivity index (χ2v) is 26.3. The molecule has 9 N–H and O–H groups in total. The lowest BCUT2D eigenvalue weighted by Crippen LogP contribution is -2.42.